The van der Waals surface area contributed by atoms with Gasteiger partial charge in [-0.1, -0.05) is 24.3 Å². The minimum atomic E-state index is -0.583. The van der Waals surface area contributed by atoms with E-state index in [9.17, 15) is 5.11 Å². The molecule has 0 aliphatic carbocycles. The number of benzene rings is 3. The fourth-order valence-electron chi connectivity index (χ4n) is 4.85. The molecule has 1 N–H and O–H groups in total. The van der Waals surface area contributed by atoms with Crippen molar-refractivity contribution in [3.8, 4) is 28.4 Å². The fourth-order valence-corrected chi connectivity index (χ4v) is 4.85. The highest BCUT2D eigenvalue weighted by Gasteiger charge is 2.21. The van der Waals surface area contributed by atoms with Crippen molar-refractivity contribution in [1.29, 1.82) is 0 Å². The summed E-state index contributed by atoms with van der Waals surface area (Å²) in [6.07, 6.45) is 2.40. The van der Waals surface area contributed by atoms with E-state index in [1.165, 1.54) is 22.0 Å². The molecule has 35 heavy (non-hydrogen) atoms. The van der Waals surface area contributed by atoms with Crippen molar-refractivity contribution in [3.05, 3.63) is 78.0 Å². The molecule has 2 heterocycles. The minimum Gasteiger partial charge on any atom is -0.493 e. The number of hydrogen-bond donors (Lipinski definition) is 1. The molecular weight excluding hydrogens is 440 g/mol. The number of β-amino-alcohol motifs (C(OH)–C–C–N with tert-alkyl or cyclic N) is 1. The fraction of sp³-hybridized carbons (Fsp3) is 0.310. The second kappa shape index (κ2) is 10.0. The molecule has 6 heteroatoms. The van der Waals surface area contributed by atoms with Gasteiger partial charge in [0.1, 0.15) is 18.5 Å². The molecule has 1 atom stereocenters. The first-order chi connectivity index (χ1) is 17.0. The van der Waals surface area contributed by atoms with Gasteiger partial charge in [0.15, 0.2) is 11.5 Å². The van der Waals surface area contributed by atoms with E-state index in [0.717, 1.165) is 47.9 Å². The van der Waals surface area contributed by atoms with Crippen molar-refractivity contribution in [3.63, 3.8) is 0 Å². The number of rotatable bonds is 8. The van der Waals surface area contributed by atoms with Crippen LogP contribution in [0.2, 0.25) is 0 Å². The summed E-state index contributed by atoms with van der Waals surface area (Å²) >= 11 is 0. The maximum atomic E-state index is 10.7. The first-order valence-electron chi connectivity index (χ1n) is 12.0. The SMILES string of the molecule is COc1cc2c(cc1OC)CN(CC(O)COc1cccc(-c3ccc4ccn(C)c4c3)c1)CC2. The summed E-state index contributed by atoms with van der Waals surface area (Å²) in [4.78, 5) is 2.26. The van der Waals surface area contributed by atoms with Crippen LogP contribution < -0.4 is 14.2 Å². The first-order valence-corrected chi connectivity index (χ1v) is 12.0. The zero-order valence-electron chi connectivity index (χ0n) is 20.5. The van der Waals surface area contributed by atoms with Gasteiger partial charge in [-0.15, -0.1) is 0 Å². The number of aryl methyl sites for hydroxylation is 1. The van der Waals surface area contributed by atoms with Crippen molar-refractivity contribution in [2.24, 2.45) is 7.05 Å². The molecule has 0 saturated carbocycles. The van der Waals surface area contributed by atoms with E-state index in [-0.39, 0.29) is 6.61 Å². The maximum Gasteiger partial charge on any atom is 0.161 e. The van der Waals surface area contributed by atoms with Gasteiger partial charge in [0.2, 0.25) is 0 Å². The molecule has 0 bridgehead atoms. The third-order valence-electron chi connectivity index (χ3n) is 6.76. The summed E-state index contributed by atoms with van der Waals surface area (Å²) < 4.78 is 19.0. The van der Waals surface area contributed by atoms with Gasteiger partial charge in [-0.05, 0) is 70.5 Å². The molecule has 1 unspecified atom stereocenters. The Morgan fingerprint density at radius 1 is 0.914 bits per heavy atom. The Morgan fingerprint density at radius 3 is 2.49 bits per heavy atom. The lowest BCUT2D eigenvalue weighted by Crippen LogP contribution is -2.38. The van der Waals surface area contributed by atoms with E-state index in [4.69, 9.17) is 14.2 Å². The predicted octanol–water partition coefficient (Wildman–Crippen LogP) is 4.66. The summed E-state index contributed by atoms with van der Waals surface area (Å²) in [7, 11) is 5.37. The Morgan fingerprint density at radius 2 is 1.69 bits per heavy atom. The van der Waals surface area contributed by atoms with Crippen molar-refractivity contribution >= 4 is 10.9 Å². The monoisotopic (exact) mass is 472 g/mol. The third kappa shape index (κ3) is 4.99. The average Bonchev–Trinajstić information content (AvgIpc) is 3.26. The molecular formula is C29H32N2O4. The number of ether oxygens (including phenoxy) is 3. The highest BCUT2D eigenvalue weighted by molar-refractivity contribution is 5.85. The van der Waals surface area contributed by atoms with E-state index in [1.54, 1.807) is 14.2 Å². The van der Waals surface area contributed by atoms with E-state index in [2.05, 4.69) is 59.1 Å². The van der Waals surface area contributed by atoms with Gasteiger partial charge in [0.25, 0.3) is 0 Å². The molecule has 4 aromatic rings. The van der Waals surface area contributed by atoms with Gasteiger partial charge in [-0.2, -0.15) is 0 Å². The summed E-state index contributed by atoms with van der Waals surface area (Å²) in [6.45, 7) is 2.45. The zero-order chi connectivity index (χ0) is 24.4. The van der Waals surface area contributed by atoms with Gasteiger partial charge in [-0.3, -0.25) is 4.90 Å². The Labute approximate surface area is 206 Å². The number of aromatic nitrogens is 1. The molecule has 0 fully saturated rings. The molecule has 0 saturated heterocycles. The van der Waals surface area contributed by atoms with Crippen molar-refractivity contribution in [2.45, 2.75) is 19.1 Å². The molecule has 3 aromatic carbocycles. The molecule has 182 valence electrons. The number of fused-ring (bicyclic) bond motifs is 2. The summed E-state index contributed by atoms with van der Waals surface area (Å²) in [5, 5.41) is 11.9. The lowest BCUT2D eigenvalue weighted by molar-refractivity contribution is 0.0637. The summed E-state index contributed by atoms with van der Waals surface area (Å²) in [5.74, 6) is 2.26. The van der Waals surface area contributed by atoms with Crippen LogP contribution in [0.3, 0.4) is 0 Å². The Bertz CT molecular complexity index is 1330. The summed E-state index contributed by atoms with van der Waals surface area (Å²) in [5.41, 5.74) is 5.92. The number of hydrogen-bond acceptors (Lipinski definition) is 5. The van der Waals surface area contributed by atoms with Crippen molar-refractivity contribution < 1.29 is 19.3 Å². The van der Waals surface area contributed by atoms with Gasteiger partial charge in [0, 0.05) is 38.4 Å². The first kappa shape index (κ1) is 23.3. The molecule has 6 nitrogen and oxygen atoms in total. The Kier molecular flexibility index (Phi) is 6.66. The lowest BCUT2D eigenvalue weighted by Gasteiger charge is -2.31. The van der Waals surface area contributed by atoms with Crippen LogP contribution in [-0.2, 0) is 20.0 Å². The quantitative estimate of drug-likeness (QED) is 0.404. The van der Waals surface area contributed by atoms with Crippen LogP contribution in [-0.4, -0.2) is 54.6 Å². The maximum absolute atomic E-state index is 10.7. The van der Waals surface area contributed by atoms with E-state index >= 15 is 0 Å². The topological polar surface area (TPSA) is 56.1 Å². The van der Waals surface area contributed by atoms with Gasteiger partial charge in [0.05, 0.1) is 14.2 Å². The molecule has 0 spiro atoms. The molecule has 5 rings (SSSR count). The molecule has 0 amide bonds. The largest absolute Gasteiger partial charge is 0.493 e. The van der Waals surface area contributed by atoms with Crippen LogP contribution in [0.5, 0.6) is 17.2 Å². The molecule has 1 aliphatic rings. The summed E-state index contributed by atoms with van der Waals surface area (Å²) in [6, 6.07) is 20.8. The van der Waals surface area contributed by atoms with Crippen LogP contribution in [0, 0.1) is 0 Å². The number of aliphatic hydroxyl groups excluding tert-OH is 1. The van der Waals surface area contributed by atoms with Crippen LogP contribution in [0.25, 0.3) is 22.0 Å². The molecule has 1 aromatic heterocycles. The highest BCUT2D eigenvalue weighted by Crippen LogP contribution is 2.33. The van der Waals surface area contributed by atoms with Crippen LogP contribution in [0.1, 0.15) is 11.1 Å². The molecule has 1 aliphatic heterocycles. The van der Waals surface area contributed by atoms with Gasteiger partial charge in [-0.25, -0.2) is 0 Å². The Balaban J connectivity index is 1.20. The van der Waals surface area contributed by atoms with Crippen LogP contribution in [0.4, 0.5) is 0 Å². The average molecular weight is 473 g/mol. The number of nitrogens with zero attached hydrogens (tertiary/aromatic N) is 2. The van der Waals surface area contributed by atoms with E-state index in [1.807, 2.05) is 24.3 Å². The van der Waals surface area contributed by atoms with Gasteiger partial charge < -0.3 is 23.9 Å². The highest BCUT2D eigenvalue weighted by atomic mass is 16.5. The third-order valence-corrected chi connectivity index (χ3v) is 6.76. The number of methoxy groups -OCH3 is 2. The second-order valence-corrected chi connectivity index (χ2v) is 9.15. The smallest absolute Gasteiger partial charge is 0.161 e. The second-order valence-electron chi connectivity index (χ2n) is 9.15. The standard InChI is InChI=1S/C29H32N2O4/c1-30-11-9-20-7-8-22(14-27(20)30)21-5-4-6-26(13-21)35-19-25(32)18-31-12-10-23-15-28(33-2)29(34-3)16-24(23)17-31/h4-9,11,13-16,25,32H,10,12,17-19H2,1-3H3. The van der Waals surface area contributed by atoms with E-state index < -0.39 is 6.10 Å². The number of aliphatic hydroxyl groups is 1. The van der Waals surface area contributed by atoms with Crippen molar-refractivity contribution in [1.82, 2.24) is 9.47 Å². The van der Waals surface area contributed by atoms with Gasteiger partial charge >= 0.3 is 0 Å². The van der Waals surface area contributed by atoms with Crippen LogP contribution >= 0.6 is 0 Å². The predicted molar refractivity (Wildman–Crippen MR) is 138 cm³/mol. The van der Waals surface area contributed by atoms with Crippen LogP contribution in [0.15, 0.2) is 66.9 Å². The lowest BCUT2D eigenvalue weighted by atomic mass is 9.98. The minimum absolute atomic E-state index is 0.246. The Hall–Kier alpha value is -3.48. The normalized spacial score (nSPS) is 14.5. The zero-order valence-corrected chi connectivity index (χ0v) is 20.5. The van der Waals surface area contributed by atoms with Crippen molar-refractivity contribution in [2.75, 3.05) is 33.9 Å². The molecule has 0 radical (unpaired) electrons. The van der Waals surface area contributed by atoms with E-state index in [0.29, 0.717) is 6.54 Å².